The van der Waals surface area contributed by atoms with Gasteiger partial charge in [-0.25, -0.2) is 4.98 Å². The second-order valence-corrected chi connectivity index (χ2v) is 32.5. The summed E-state index contributed by atoms with van der Waals surface area (Å²) in [7, 11) is -4.61. The third-order valence-electron chi connectivity index (χ3n) is 12.5. The van der Waals surface area contributed by atoms with Gasteiger partial charge in [0.25, 0.3) is 0 Å². The van der Waals surface area contributed by atoms with Gasteiger partial charge in [0.2, 0.25) is 0 Å². The molecule has 2 heterocycles. The quantitative estimate of drug-likeness (QED) is 0.123. The predicted molar refractivity (Wildman–Crippen MR) is 234 cm³/mol. The molecule has 0 aromatic carbocycles. The molecule has 0 unspecified atom stereocenters. The largest absolute Gasteiger partial charge is 0.458 e. The molecule has 3 rings (SSSR count). The van der Waals surface area contributed by atoms with Gasteiger partial charge in [-0.2, -0.15) is 0 Å². The van der Waals surface area contributed by atoms with Gasteiger partial charge < -0.3 is 13.6 Å². The van der Waals surface area contributed by atoms with Gasteiger partial charge in [0, 0.05) is 16.7 Å². The van der Waals surface area contributed by atoms with Crippen LogP contribution in [0, 0.1) is 35.5 Å². The number of alkyl halides is 2. The van der Waals surface area contributed by atoms with Crippen LogP contribution < -0.4 is 0 Å². The highest BCUT2D eigenvalue weighted by atomic mass is 79.9. The average molecular weight is 906 g/mol. The molecular weight excluding hydrogens is 834 g/mol. The van der Waals surface area contributed by atoms with E-state index in [-0.39, 0.29) is 57.7 Å². The smallest absolute Gasteiger partial charge is 0.309 e. The Kier molecular flexibility index (Phi) is 16.7. The third kappa shape index (κ3) is 12.5. The Bertz CT molecular complexity index is 1430. The van der Waals surface area contributed by atoms with Crippen LogP contribution in [0.1, 0.15) is 119 Å². The van der Waals surface area contributed by atoms with Crippen molar-refractivity contribution in [3.63, 3.8) is 0 Å². The average Bonchev–Trinajstić information content (AvgIpc) is 3.43. The van der Waals surface area contributed by atoms with E-state index in [9.17, 15) is 9.59 Å². The molecule has 6 nitrogen and oxygen atoms in total. The van der Waals surface area contributed by atoms with Crippen LogP contribution in [0.3, 0.4) is 0 Å². The summed E-state index contributed by atoms with van der Waals surface area (Å²) in [6.07, 6.45) is 8.12. The molecule has 1 aromatic heterocycles. The lowest BCUT2D eigenvalue weighted by Crippen LogP contribution is -2.54. The van der Waals surface area contributed by atoms with Crippen molar-refractivity contribution in [2.45, 2.75) is 170 Å². The topological polar surface area (TPSA) is 74.7 Å². The standard InChI is InChI=1S/C40H69NO5SSi2.CH2Br2/c1-26-19-18-20-40(13)24-30(40)22-32(27(2)21-31-25-47-29(4)41-31)44-34(42)23-33(45-48(14,15)37(5,6)7)39(11,12)36(43)28(3)35(26)46-49(16,17)38(8,9)10;2-1-3/h18,20-21,25-26,28,30,32-33,35H,19,22-24H2,1-17H3;1H2/b20-18+,27-21+;/t26-,28+,30+,32-,33-,35-,40-;/m0./s1. The Morgan fingerprint density at radius 1 is 1.02 bits per heavy atom. The number of thiazole rings is 1. The second kappa shape index (κ2) is 18.2. The van der Waals surface area contributed by atoms with Crippen molar-refractivity contribution in [3.05, 3.63) is 33.8 Å². The van der Waals surface area contributed by atoms with Gasteiger partial charge in [0.1, 0.15) is 11.9 Å². The van der Waals surface area contributed by atoms with Crippen LogP contribution in [0.5, 0.6) is 0 Å². The summed E-state index contributed by atoms with van der Waals surface area (Å²) in [5.74, 6) is -0.0854. The van der Waals surface area contributed by atoms with Gasteiger partial charge in [-0.3, -0.25) is 9.59 Å². The lowest BCUT2D eigenvalue weighted by molar-refractivity contribution is -0.154. The minimum atomic E-state index is -2.39. The molecule has 0 amide bonds. The maximum Gasteiger partial charge on any atom is 0.309 e. The number of aryl methyl sites for hydroxylation is 1. The van der Waals surface area contributed by atoms with E-state index in [1.54, 1.807) is 11.3 Å². The number of Topliss-reactive ketones (excluding diaryl/α,β-unsaturated/α-hetero) is 1. The van der Waals surface area contributed by atoms with Crippen molar-refractivity contribution in [1.82, 2.24) is 4.98 Å². The van der Waals surface area contributed by atoms with Crippen molar-refractivity contribution in [3.8, 4) is 0 Å². The number of esters is 1. The minimum Gasteiger partial charge on any atom is -0.458 e. The Labute approximate surface area is 340 Å². The molecule has 7 atom stereocenters. The Morgan fingerprint density at radius 3 is 2.06 bits per heavy atom. The number of carbonyl (C=O) groups is 2. The third-order valence-corrected chi connectivity index (χ3v) is 22.2. The van der Waals surface area contributed by atoms with Crippen LogP contribution in [0.2, 0.25) is 36.3 Å². The van der Waals surface area contributed by atoms with Gasteiger partial charge in [-0.05, 0) is 98.3 Å². The molecule has 2 aliphatic rings. The predicted octanol–water partition coefficient (Wildman–Crippen LogP) is 12.9. The lowest BCUT2D eigenvalue weighted by atomic mass is 9.73. The number of ketones is 1. The van der Waals surface area contributed by atoms with E-state index >= 15 is 0 Å². The molecule has 1 aromatic rings. The number of hydrogen-bond donors (Lipinski definition) is 0. The Hall–Kier alpha value is -0.436. The number of carbonyl (C=O) groups excluding carboxylic acids is 2. The van der Waals surface area contributed by atoms with E-state index in [0.717, 1.165) is 39.8 Å². The Morgan fingerprint density at radius 2 is 1.56 bits per heavy atom. The fourth-order valence-corrected chi connectivity index (χ4v) is 10.0. The number of halogens is 2. The van der Waals surface area contributed by atoms with E-state index in [1.807, 2.05) is 40.0 Å². The summed E-state index contributed by atoms with van der Waals surface area (Å²) in [5.41, 5.74) is 0.975. The first-order valence-electron chi connectivity index (χ1n) is 19.0. The van der Waals surface area contributed by atoms with Crippen molar-refractivity contribution in [1.29, 1.82) is 0 Å². The second-order valence-electron chi connectivity index (χ2n) is 19.3. The Balaban J connectivity index is 0.00000301. The molecule has 1 aliphatic heterocycles. The summed E-state index contributed by atoms with van der Waals surface area (Å²) < 4.78 is 21.5. The van der Waals surface area contributed by atoms with Crippen molar-refractivity contribution >= 4 is 77.7 Å². The molecule has 1 aliphatic carbocycles. The zero-order valence-corrected chi connectivity index (χ0v) is 41.5. The fourth-order valence-electron chi connectivity index (χ4n) is 6.53. The first-order valence-corrected chi connectivity index (χ1v) is 28.0. The summed E-state index contributed by atoms with van der Waals surface area (Å²) in [6, 6.07) is 0. The number of cyclic esters (lactones) is 1. The van der Waals surface area contributed by atoms with Crippen LogP contribution in [0.25, 0.3) is 6.08 Å². The van der Waals surface area contributed by atoms with Crippen LogP contribution in [0.4, 0.5) is 0 Å². The molecule has 0 N–H and O–H groups in total. The first-order chi connectivity index (χ1) is 23.5. The summed E-state index contributed by atoms with van der Waals surface area (Å²) in [4.78, 5) is 33.6. The molecule has 0 bridgehead atoms. The van der Waals surface area contributed by atoms with Crippen LogP contribution >= 0.6 is 43.2 Å². The SMILES string of the molecule is BrCBr.C/C(=C\c1csc(C)n1)[C@@H]1C[C@@H]2C[C@]2(C)/C=C/C[C@H](C)[C@H](O[Si](C)(C)C(C)(C)C)[C@@H](C)C(=O)C(C)(C)[C@@H](O[Si](C)(C)C(C)(C)C)CC(=O)O1. The molecule has 0 saturated heterocycles. The van der Waals surface area contributed by atoms with E-state index in [1.165, 1.54) is 0 Å². The number of hydrogen-bond acceptors (Lipinski definition) is 7. The van der Waals surface area contributed by atoms with Gasteiger partial charge in [-0.15, -0.1) is 11.3 Å². The number of fused-ring (bicyclic) bond motifs is 1. The van der Waals surface area contributed by atoms with Crippen molar-refractivity contribution in [2.75, 3.05) is 4.24 Å². The number of nitrogens with zero attached hydrogens (tertiary/aromatic N) is 1. The van der Waals surface area contributed by atoms with Crippen LogP contribution in [-0.4, -0.2) is 55.9 Å². The van der Waals surface area contributed by atoms with E-state index < -0.39 is 28.2 Å². The van der Waals surface area contributed by atoms with Gasteiger partial charge in [-0.1, -0.05) is 120 Å². The van der Waals surface area contributed by atoms with Crippen molar-refractivity contribution < 1.29 is 23.2 Å². The number of ether oxygens (including phenoxy) is 1. The zero-order valence-electron chi connectivity index (χ0n) is 35.5. The molecule has 52 heavy (non-hydrogen) atoms. The molecule has 298 valence electrons. The highest BCUT2D eigenvalue weighted by Crippen LogP contribution is 2.57. The molecule has 1 fully saturated rings. The van der Waals surface area contributed by atoms with Crippen LogP contribution in [-0.2, 0) is 23.2 Å². The van der Waals surface area contributed by atoms with Crippen molar-refractivity contribution in [2.24, 2.45) is 28.6 Å². The van der Waals surface area contributed by atoms with E-state index in [2.05, 4.69) is 137 Å². The number of allylic oxidation sites excluding steroid dienone is 2. The molecule has 11 heteroatoms. The van der Waals surface area contributed by atoms with Gasteiger partial charge in [0.15, 0.2) is 16.6 Å². The van der Waals surface area contributed by atoms with Crippen LogP contribution in [0.15, 0.2) is 23.1 Å². The summed E-state index contributed by atoms with van der Waals surface area (Å²) in [5, 5.41) is 2.95. The summed E-state index contributed by atoms with van der Waals surface area (Å²) in [6.45, 7) is 36.8. The number of rotatable bonds is 6. The zero-order chi connectivity index (χ0) is 40.3. The van der Waals surface area contributed by atoms with E-state index in [4.69, 9.17) is 13.6 Å². The summed E-state index contributed by atoms with van der Waals surface area (Å²) >= 11 is 7.74. The highest BCUT2D eigenvalue weighted by Gasteiger charge is 2.52. The normalized spacial score (nSPS) is 30.5. The highest BCUT2D eigenvalue weighted by molar-refractivity contribution is 9.24. The first kappa shape index (κ1) is 47.7. The minimum absolute atomic E-state index is 0.00395. The lowest BCUT2D eigenvalue weighted by Gasteiger charge is -2.46. The molecular formula is C41H71Br2NO5SSi2. The fraction of sp³-hybridized carbons (Fsp3) is 0.780. The monoisotopic (exact) mass is 903 g/mol. The van der Waals surface area contributed by atoms with Gasteiger partial charge in [0.05, 0.1) is 33.6 Å². The molecule has 0 spiro atoms. The molecule has 1 saturated carbocycles. The number of aromatic nitrogens is 1. The maximum absolute atomic E-state index is 14.9. The maximum atomic E-state index is 14.9. The molecule has 0 radical (unpaired) electrons. The van der Waals surface area contributed by atoms with E-state index in [0.29, 0.717) is 5.92 Å². The van der Waals surface area contributed by atoms with Gasteiger partial charge >= 0.3 is 5.97 Å².